The number of carbonyl (C=O) groups excluding carboxylic acids is 2. The Bertz CT molecular complexity index is 1280. The molecule has 182 valence electrons. The van der Waals surface area contributed by atoms with Gasteiger partial charge in [0.15, 0.2) is 11.5 Å². The average Bonchev–Trinajstić information content (AvgIpc) is 3.63. The van der Waals surface area contributed by atoms with E-state index in [2.05, 4.69) is 42.3 Å². The quantitative estimate of drug-likeness (QED) is 0.525. The average molecular weight is 492 g/mol. The molecule has 8 heteroatoms. The van der Waals surface area contributed by atoms with Crippen LogP contribution in [-0.2, 0) is 0 Å². The summed E-state index contributed by atoms with van der Waals surface area (Å²) in [6.45, 7) is 7.73. The van der Waals surface area contributed by atoms with E-state index in [9.17, 15) is 9.59 Å². The predicted octanol–water partition coefficient (Wildman–Crippen LogP) is 4.54. The van der Waals surface area contributed by atoms with Gasteiger partial charge in [0, 0.05) is 19.1 Å². The lowest BCUT2D eigenvalue weighted by atomic mass is 10.0. The minimum atomic E-state index is -0.240. The summed E-state index contributed by atoms with van der Waals surface area (Å²) in [7, 11) is 0. The maximum Gasteiger partial charge on any atom is 0.274 e. The molecule has 1 saturated carbocycles. The van der Waals surface area contributed by atoms with Crippen LogP contribution in [0.15, 0.2) is 36.4 Å². The van der Waals surface area contributed by atoms with E-state index in [0.717, 1.165) is 28.3 Å². The number of aryl methyl sites for hydroxylation is 3. The SMILES string of the molecule is Cc1nc(C(=O)N(CCNC(=O)c2cccc3c2OCCO3)C2CC2)c(-c2ccc(C)c(C)c2)s1. The normalized spacial score (nSPS) is 14.5. The Hall–Kier alpha value is -3.39. The zero-order valence-electron chi connectivity index (χ0n) is 20.2. The number of carbonyl (C=O) groups is 2. The lowest BCUT2D eigenvalue weighted by molar-refractivity contribution is 0.0731. The largest absolute Gasteiger partial charge is 0.486 e. The van der Waals surface area contributed by atoms with E-state index in [1.165, 1.54) is 11.1 Å². The Kier molecular flexibility index (Phi) is 6.47. The summed E-state index contributed by atoms with van der Waals surface area (Å²) in [4.78, 5) is 33.9. The highest BCUT2D eigenvalue weighted by atomic mass is 32.1. The molecule has 2 heterocycles. The second-order valence-electron chi connectivity index (χ2n) is 9.03. The number of hydrogen-bond acceptors (Lipinski definition) is 6. The number of nitrogens with zero attached hydrogens (tertiary/aromatic N) is 2. The molecule has 0 saturated heterocycles. The van der Waals surface area contributed by atoms with Gasteiger partial charge in [-0.05, 0) is 62.4 Å². The molecular formula is C27H29N3O4S. The number of nitrogens with one attached hydrogen (secondary N) is 1. The number of rotatable bonds is 7. The van der Waals surface area contributed by atoms with Crippen LogP contribution in [0.1, 0.15) is 49.8 Å². The molecule has 7 nitrogen and oxygen atoms in total. The number of fused-ring (bicyclic) bond motifs is 1. The summed E-state index contributed by atoms with van der Waals surface area (Å²) in [5.74, 6) is 0.739. The molecule has 2 amide bonds. The van der Waals surface area contributed by atoms with Gasteiger partial charge >= 0.3 is 0 Å². The van der Waals surface area contributed by atoms with Gasteiger partial charge in [-0.2, -0.15) is 0 Å². The molecule has 0 atom stereocenters. The van der Waals surface area contributed by atoms with Crippen LogP contribution in [0.5, 0.6) is 11.5 Å². The first-order valence-electron chi connectivity index (χ1n) is 11.9. The van der Waals surface area contributed by atoms with Crippen LogP contribution >= 0.6 is 11.3 Å². The van der Waals surface area contributed by atoms with Crippen molar-refractivity contribution in [1.82, 2.24) is 15.2 Å². The van der Waals surface area contributed by atoms with E-state index in [0.29, 0.717) is 49.1 Å². The van der Waals surface area contributed by atoms with Gasteiger partial charge in [-0.25, -0.2) is 4.98 Å². The van der Waals surface area contributed by atoms with Crippen molar-refractivity contribution in [2.75, 3.05) is 26.3 Å². The van der Waals surface area contributed by atoms with Crippen molar-refractivity contribution in [3.63, 3.8) is 0 Å². The van der Waals surface area contributed by atoms with Gasteiger partial charge < -0.3 is 19.7 Å². The maximum atomic E-state index is 13.6. The first-order chi connectivity index (χ1) is 16.9. The lowest BCUT2D eigenvalue weighted by Crippen LogP contribution is -2.40. The molecule has 0 radical (unpaired) electrons. The van der Waals surface area contributed by atoms with Gasteiger partial charge in [-0.1, -0.05) is 24.3 Å². The standard InChI is InChI=1S/C27H29N3O4S/c1-16-7-8-19(15-17(16)2)25-23(29-18(3)35-25)27(32)30(20-9-10-20)12-11-28-26(31)21-5-4-6-22-24(21)34-14-13-33-22/h4-8,15,20H,9-14H2,1-3H3,(H,28,31). The van der Waals surface area contributed by atoms with Gasteiger partial charge in [0.05, 0.1) is 15.4 Å². The Labute approximate surface area is 209 Å². The maximum absolute atomic E-state index is 13.6. The van der Waals surface area contributed by atoms with Crippen molar-refractivity contribution >= 4 is 23.2 Å². The Morgan fingerprint density at radius 1 is 1.09 bits per heavy atom. The molecule has 35 heavy (non-hydrogen) atoms. The van der Waals surface area contributed by atoms with E-state index < -0.39 is 0 Å². The number of benzene rings is 2. The van der Waals surface area contributed by atoms with Crippen LogP contribution in [0, 0.1) is 20.8 Å². The zero-order valence-corrected chi connectivity index (χ0v) is 21.0. The van der Waals surface area contributed by atoms with Crippen molar-refractivity contribution in [3.05, 3.63) is 63.8 Å². The summed E-state index contributed by atoms with van der Waals surface area (Å²) in [6.07, 6.45) is 1.94. The summed E-state index contributed by atoms with van der Waals surface area (Å²) < 4.78 is 11.2. The van der Waals surface area contributed by atoms with E-state index in [-0.39, 0.29) is 17.9 Å². The first kappa shape index (κ1) is 23.4. The van der Waals surface area contributed by atoms with Crippen LogP contribution in [0.25, 0.3) is 10.4 Å². The fourth-order valence-corrected chi connectivity index (χ4v) is 5.17. The summed E-state index contributed by atoms with van der Waals surface area (Å²) in [5.41, 5.74) is 4.36. The van der Waals surface area contributed by atoms with Crippen LogP contribution < -0.4 is 14.8 Å². The van der Waals surface area contributed by atoms with Crippen molar-refractivity contribution in [2.45, 2.75) is 39.7 Å². The highest BCUT2D eigenvalue weighted by Gasteiger charge is 2.35. The molecule has 1 N–H and O–H groups in total. The molecule has 1 aromatic heterocycles. The molecule has 3 aromatic rings. The predicted molar refractivity (Wildman–Crippen MR) is 136 cm³/mol. The monoisotopic (exact) mass is 491 g/mol. The number of thiazole rings is 1. The second-order valence-corrected chi connectivity index (χ2v) is 10.2. The van der Waals surface area contributed by atoms with E-state index in [4.69, 9.17) is 9.47 Å². The summed E-state index contributed by atoms with van der Waals surface area (Å²) >= 11 is 1.54. The fourth-order valence-electron chi connectivity index (χ4n) is 4.26. The summed E-state index contributed by atoms with van der Waals surface area (Å²) in [5, 5.41) is 3.81. The third-order valence-electron chi connectivity index (χ3n) is 6.40. The Morgan fingerprint density at radius 3 is 2.66 bits per heavy atom. The Balaban J connectivity index is 1.30. The topological polar surface area (TPSA) is 80.8 Å². The van der Waals surface area contributed by atoms with Crippen LogP contribution in [0.4, 0.5) is 0 Å². The van der Waals surface area contributed by atoms with Gasteiger partial charge in [0.2, 0.25) is 0 Å². The minimum Gasteiger partial charge on any atom is -0.486 e. The highest BCUT2D eigenvalue weighted by Crippen LogP contribution is 2.35. The van der Waals surface area contributed by atoms with Gasteiger partial charge in [0.1, 0.15) is 18.9 Å². The van der Waals surface area contributed by atoms with Crippen molar-refractivity contribution in [2.24, 2.45) is 0 Å². The van der Waals surface area contributed by atoms with Gasteiger partial charge in [-0.3, -0.25) is 9.59 Å². The number of ether oxygens (including phenoxy) is 2. The number of hydrogen-bond donors (Lipinski definition) is 1. The Morgan fingerprint density at radius 2 is 1.89 bits per heavy atom. The van der Waals surface area contributed by atoms with Crippen molar-refractivity contribution < 1.29 is 19.1 Å². The lowest BCUT2D eigenvalue weighted by Gasteiger charge is -2.23. The highest BCUT2D eigenvalue weighted by molar-refractivity contribution is 7.15. The molecule has 0 bridgehead atoms. The molecule has 0 unspecified atom stereocenters. The van der Waals surface area contributed by atoms with E-state index >= 15 is 0 Å². The first-order valence-corrected chi connectivity index (χ1v) is 12.8. The van der Waals surface area contributed by atoms with Crippen LogP contribution in [0.3, 0.4) is 0 Å². The molecule has 2 aromatic carbocycles. The third-order valence-corrected chi connectivity index (χ3v) is 7.42. The summed E-state index contributed by atoms with van der Waals surface area (Å²) in [6, 6.07) is 11.7. The molecule has 1 aliphatic carbocycles. The minimum absolute atomic E-state index is 0.0758. The zero-order chi connectivity index (χ0) is 24.5. The van der Waals surface area contributed by atoms with E-state index in [1.54, 1.807) is 29.5 Å². The van der Waals surface area contributed by atoms with Gasteiger partial charge in [-0.15, -0.1) is 11.3 Å². The molecule has 1 fully saturated rings. The number of amides is 2. The van der Waals surface area contributed by atoms with Gasteiger partial charge in [0.25, 0.3) is 11.8 Å². The molecule has 5 rings (SSSR count). The number of aromatic nitrogens is 1. The van der Waals surface area contributed by atoms with Crippen molar-refractivity contribution in [3.8, 4) is 21.9 Å². The molecule has 2 aliphatic rings. The van der Waals surface area contributed by atoms with Crippen LogP contribution in [0.2, 0.25) is 0 Å². The third kappa shape index (κ3) is 4.89. The second kappa shape index (κ2) is 9.70. The van der Waals surface area contributed by atoms with E-state index in [1.807, 2.05) is 11.8 Å². The molecule has 1 aliphatic heterocycles. The molecule has 0 spiro atoms. The number of para-hydroxylation sites is 1. The molecular weight excluding hydrogens is 462 g/mol. The van der Waals surface area contributed by atoms with Crippen molar-refractivity contribution in [1.29, 1.82) is 0 Å². The fraction of sp³-hybridized carbons (Fsp3) is 0.370. The van der Waals surface area contributed by atoms with Crippen LogP contribution in [-0.4, -0.2) is 54.0 Å². The smallest absolute Gasteiger partial charge is 0.274 e.